The van der Waals surface area contributed by atoms with Gasteiger partial charge in [0, 0.05) is 12.5 Å². The molecule has 1 aliphatic heterocycles. The highest BCUT2D eigenvalue weighted by Crippen LogP contribution is 2.49. The Bertz CT molecular complexity index is 184. The molecule has 0 radical (unpaired) electrons. The Kier molecular flexibility index (Phi) is 1.61. The number of ether oxygens (including phenoxy) is 1. The summed E-state index contributed by atoms with van der Waals surface area (Å²) in [6.07, 6.45) is 4.56. The van der Waals surface area contributed by atoms with Crippen molar-refractivity contribution in [2.45, 2.75) is 25.7 Å². The lowest BCUT2D eigenvalue weighted by atomic mass is 9.62. The molecule has 0 aromatic rings. The van der Waals surface area contributed by atoms with Gasteiger partial charge in [-0.3, -0.25) is 0 Å². The van der Waals surface area contributed by atoms with Gasteiger partial charge in [0.2, 0.25) is 0 Å². The fraction of sp³-hybridized carbons (Fsp3) is 0.889. The van der Waals surface area contributed by atoms with Gasteiger partial charge in [-0.2, -0.15) is 5.26 Å². The van der Waals surface area contributed by atoms with E-state index < -0.39 is 0 Å². The monoisotopic (exact) mass is 151 g/mol. The molecule has 2 heteroatoms. The molecule has 0 aromatic carbocycles. The van der Waals surface area contributed by atoms with Gasteiger partial charge in [0.05, 0.1) is 18.1 Å². The molecule has 2 rings (SSSR count). The van der Waals surface area contributed by atoms with Crippen molar-refractivity contribution in [3.63, 3.8) is 0 Å². The molecule has 60 valence electrons. The molecule has 1 saturated carbocycles. The molecule has 2 aliphatic rings. The number of hydrogen-bond donors (Lipinski definition) is 0. The minimum atomic E-state index is 0.0243. The number of nitriles is 1. The van der Waals surface area contributed by atoms with Crippen molar-refractivity contribution >= 4 is 0 Å². The van der Waals surface area contributed by atoms with Gasteiger partial charge in [-0.15, -0.1) is 0 Å². The molecular weight excluding hydrogens is 138 g/mol. The largest absolute Gasteiger partial charge is 0.381 e. The number of rotatable bonds is 1. The normalized spacial score (nSPS) is 34.3. The molecule has 0 amide bonds. The lowest BCUT2D eigenvalue weighted by Crippen LogP contribution is -2.36. The second-order valence-corrected chi connectivity index (χ2v) is 3.68. The zero-order chi connectivity index (χ0) is 7.73. The van der Waals surface area contributed by atoms with Crippen LogP contribution in [0.3, 0.4) is 0 Å². The summed E-state index contributed by atoms with van der Waals surface area (Å²) in [5.74, 6) is 0.543. The summed E-state index contributed by atoms with van der Waals surface area (Å²) in [5.41, 5.74) is 0.0243. The van der Waals surface area contributed by atoms with Crippen LogP contribution in [-0.2, 0) is 4.74 Å². The van der Waals surface area contributed by atoms with Crippen LogP contribution in [0, 0.1) is 22.7 Å². The average molecular weight is 151 g/mol. The molecule has 2 fully saturated rings. The first-order valence-electron chi connectivity index (χ1n) is 4.36. The maximum absolute atomic E-state index is 8.99. The van der Waals surface area contributed by atoms with Gasteiger partial charge < -0.3 is 4.74 Å². The van der Waals surface area contributed by atoms with Crippen molar-refractivity contribution in [3.05, 3.63) is 0 Å². The second kappa shape index (κ2) is 2.49. The Balaban J connectivity index is 2.06. The molecule has 0 aromatic heterocycles. The van der Waals surface area contributed by atoms with E-state index in [0.29, 0.717) is 5.92 Å². The van der Waals surface area contributed by atoms with Crippen LogP contribution in [0.2, 0.25) is 0 Å². The third-order valence-electron chi connectivity index (χ3n) is 3.18. The van der Waals surface area contributed by atoms with E-state index >= 15 is 0 Å². The van der Waals surface area contributed by atoms with Crippen molar-refractivity contribution in [1.29, 1.82) is 5.26 Å². The van der Waals surface area contributed by atoms with E-state index in [0.717, 1.165) is 32.5 Å². The van der Waals surface area contributed by atoms with Gasteiger partial charge in [-0.1, -0.05) is 6.42 Å². The summed E-state index contributed by atoms with van der Waals surface area (Å²) in [6.45, 7) is 1.70. The molecule has 1 heterocycles. The molecule has 1 saturated heterocycles. The third kappa shape index (κ3) is 0.954. The van der Waals surface area contributed by atoms with Crippen molar-refractivity contribution in [3.8, 4) is 6.07 Å². The van der Waals surface area contributed by atoms with Crippen LogP contribution < -0.4 is 0 Å². The average Bonchev–Trinajstić information content (AvgIpc) is 2.39. The zero-order valence-electron chi connectivity index (χ0n) is 6.68. The minimum Gasteiger partial charge on any atom is -0.381 e. The van der Waals surface area contributed by atoms with Crippen LogP contribution in [-0.4, -0.2) is 13.2 Å². The van der Waals surface area contributed by atoms with Crippen LogP contribution in [0.4, 0.5) is 0 Å². The Hall–Kier alpha value is -0.550. The van der Waals surface area contributed by atoms with Gasteiger partial charge in [0.15, 0.2) is 0 Å². The highest BCUT2D eigenvalue weighted by molar-refractivity contribution is 5.08. The predicted molar refractivity (Wildman–Crippen MR) is 40.8 cm³/mol. The topological polar surface area (TPSA) is 33.0 Å². The molecule has 1 aliphatic carbocycles. The molecule has 0 N–H and O–H groups in total. The summed E-state index contributed by atoms with van der Waals surface area (Å²) in [6, 6.07) is 2.48. The first kappa shape index (κ1) is 7.12. The first-order valence-corrected chi connectivity index (χ1v) is 4.36. The van der Waals surface area contributed by atoms with E-state index in [-0.39, 0.29) is 5.41 Å². The molecule has 0 bridgehead atoms. The van der Waals surface area contributed by atoms with Gasteiger partial charge in [0.25, 0.3) is 0 Å². The fourth-order valence-electron chi connectivity index (χ4n) is 2.14. The summed E-state index contributed by atoms with van der Waals surface area (Å²) in [5, 5.41) is 8.99. The molecule has 0 unspecified atom stereocenters. The molecular formula is C9H13NO. The van der Waals surface area contributed by atoms with Crippen molar-refractivity contribution in [1.82, 2.24) is 0 Å². The maximum atomic E-state index is 8.99. The quantitative estimate of drug-likeness (QED) is 0.571. The lowest BCUT2D eigenvalue weighted by Gasteiger charge is -2.39. The van der Waals surface area contributed by atoms with Crippen molar-refractivity contribution in [2.24, 2.45) is 11.3 Å². The van der Waals surface area contributed by atoms with Crippen molar-refractivity contribution < 1.29 is 4.74 Å². The molecule has 11 heavy (non-hydrogen) atoms. The summed E-state index contributed by atoms with van der Waals surface area (Å²) < 4.78 is 5.29. The summed E-state index contributed by atoms with van der Waals surface area (Å²) >= 11 is 0. The number of hydrogen-bond acceptors (Lipinski definition) is 2. The van der Waals surface area contributed by atoms with E-state index in [1.54, 1.807) is 0 Å². The lowest BCUT2D eigenvalue weighted by molar-refractivity contribution is 0.0945. The van der Waals surface area contributed by atoms with Crippen LogP contribution in [0.15, 0.2) is 0 Å². The Labute approximate surface area is 67.2 Å². The van der Waals surface area contributed by atoms with Gasteiger partial charge in [-0.25, -0.2) is 0 Å². The SMILES string of the molecule is N#CC1([C@@H]2CCOC2)CCC1. The van der Waals surface area contributed by atoms with E-state index in [1.165, 1.54) is 6.42 Å². The van der Waals surface area contributed by atoms with Gasteiger partial charge in [-0.05, 0) is 19.3 Å². The second-order valence-electron chi connectivity index (χ2n) is 3.68. The van der Waals surface area contributed by atoms with Crippen LogP contribution >= 0.6 is 0 Å². The third-order valence-corrected chi connectivity index (χ3v) is 3.18. The minimum absolute atomic E-state index is 0.0243. The van der Waals surface area contributed by atoms with Gasteiger partial charge >= 0.3 is 0 Å². The standard InChI is InChI=1S/C9H13NO/c10-7-9(3-1-4-9)8-2-5-11-6-8/h8H,1-6H2/t8-/m1/s1. The van der Waals surface area contributed by atoms with Crippen LogP contribution in [0.1, 0.15) is 25.7 Å². The van der Waals surface area contributed by atoms with Crippen molar-refractivity contribution in [2.75, 3.05) is 13.2 Å². The highest BCUT2D eigenvalue weighted by atomic mass is 16.5. The van der Waals surface area contributed by atoms with Crippen LogP contribution in [0.25, 0.3) is 0 Å². The zero-order valence-corrected chi connectivity index (χ0v) is 6.68. The van der Waals surface area contributed by atoms with E-state index in [9.17, 15) is 0 Å². The van der Waals surface area contributed by atoms with E-state index in [2.05, 4.69) is 6.07 Å². The van der Waals surface area contributed by atoms with Crippen LogP contribution in [0.5, 0.6) is 0 Å². The van der Waals surface area contributed by atoms with E-state index in [4.69, 9.17) is 10.00 Å². The Morgan fingerprint density at radius 1 is 1.45 bits per heavy atom. The first-order chi connectivity index (χ1) is 5.37. The summed E-state index contributed by atoms with van der Waals surface area (Å²) in [4.78, 5) is 0. The van der Waals surface area contributed by atoms with Gasteiger partial charge in [0.1, 0.15) is 0 Å². The Morgan fingerprint density at radius 3 is 2.64 bits per heavy atom. The fourth-order valence-corrected chi connectivity index (χ4v) is 2.14. The molecule has 0 spiro atoms. The molecule has 2 nitrogen and oxygen atoms in total. The maximum Gasteiger partial charge on any atom is 0.0693 e. The molecule has 1 atom stereocenters. The highest BCUT2D eigenvalue weighted by Gasteiger charge is 2.45. The summed E-state index contributed by atoms with van der Waals surface area (Å²) in [7, 11) is 0. The smallest absolute Gasteiger partial charge is 0.0693 e. The number of nitrogens with zero attached hydrogens (tertiary/aromatic N) is 1. The predicted octanol–water partition coefficient (Wildman–Crippen LogP) is 1.72. The Morgan fingerprint density at radius 2 is 2.27 bits per heavy atom. The van der Waals surface area contributed by atoms with E-state index in [1.807, 2.05) is 0 Å².